The van der Waals surface area contributed by atoms with Crippen LogP contribution in [0, 0.1) is 6.92 Å². The molecule has 0 saturated carbocycles. The maximum absolute atomic E-state index is 4.58. The van der Waals surface area contributed by atoms with Crippen LogP contribution in [-0.4, -0.2) is 9.38 Å². The molecule has 0 radical (unpaired) electrons. The Labute approximate surface area is 116 Å². The highest BCUT2D eigenvalue weighted by Gasteiger charge is 2.10. The van der Waals surface area contributed by atoms with E-state index in [1.165, 1.54) is 10.6 Å². The van der Waals surface area contributed by atoms with Gasteiger partial charge in [0.05, 0.1) is 11.4 Å². The maximum atomic E-state index is 4.58. The number of hydrogen-bond donors (Lipinski definition) is 1. The average Bonchev–Trinajstić information content (AvgIpc) is 3.03. The van der Waals surface area contributed by atoms with Gasteiger partial charge in [-0.3, -0.25) is 0 Å². The van der Waals surface area contributed by atoms with Gasteiger partial charge in [0.1, 0.15) is 5.65 Å². The third kappa shape index (κ3) is 2.41. The minimum absolute atomic E-state index is 0.369. The molecule has 0 aromatic carbocycles. The first-order valence-corrected chi connectivity index (χ1v) is 7.33. The molecule has 19 heavy (non-hydrogen) atoms. The third-order valence-corrected chi connectivity index (χ3v) is 4.43. The largest absolute Gasteiger partial charge is 0.304 e. The van der Waals surface area contributed by atoms with E-state index in [0.717, 1.165) is 17.9 Å². The van der Waals surface area contributed by atoms with Crippen molar-refractivity contribution < 1.29 is 0 Å². The summed E-state index contributed by atoms with van der Waals surface area (Å²) < 4.78 is 2.16. The summed E-state index contributed by atoms with van der Waals surface area (Å²) in [5.41, 5.74) is 3.34. The first kappa shape index (κ1) is 12.4. The SMILES string of the molecule is Cc1nc2ccccn2c1CN[C@H](C)c1cccs1. The van der Waals surface area contributed by atoms with Crippen LogP contribution >= 0.6 is 11.3 Å². The van der Waals surface area contributed by atoms with Gasteiger partial charge in [0.15, 0.2) is 0 Å². The highest BCUT2D eigenvalue weighted by molar-refractivity contribution is 7.10. The van der Waals surface area contributed by atoms with Gasteiger partial charge in [-0.05, 0) is 37.4 Å². The summed E-state index contributed by atoms with van der Waals surface area (Å²) in [5, 5.41) is 5.69. The van der Waals surface area contributed by atoms with E-state index in [-0.39, 0.29) is 0 Å². The van der Waals surface area contributed by atoms with Gasteiger partial charge < -0.3 is 9.72 Å². The van der Waals surface area contributed by atoms with Crippen molar-refractivity contribution in [2.45, 2.75) is 26.4 Å². The monoisotopic (exact) mass is 271 g/mol. The van der Waals surface area contributed by atoms with E-state index in [0.29, 0.717) is 6.04 Å². The number of nitrogens with zero attached hydrogens (tertiary/aromatic N) is 2. The predicted octanol–water partition coefficient (Wildman–Crippen LogP) is 3.56. The molecular formula is C15H17N3S. The summed E-state index contributed by atoms with van der Waals surface area (Å²) in [6, 6.07) is 10.7. The first-order chi connectivity index (χ1) is 9.25. The van der Waals surface area contributed by atoms with Gasteiger partial charge in [0.25, 0.3) is 0 Å². The van der Waals surface area contributed by atoms with Crippen LogP contribution in [0.1, 0.15) is 29.2 Å². The summed E-state index contributed by atoms with van der Waals surface area (Å²) in [7, 11) is 0. The van der Waals surface area contributed by atoms with Crippen LogP contribution < -0.4 is 5.32 Å². The number of nitrogens with one attached hydrogen (secondary N) is 1. The first-order valence-electron chi connectivity index (χ1n) is 6.45. The number of hydrogen-bond acceptors (Lipinski definition) is 3. The Morgan fingerprint density at radius 3 is 3.00 bits per heavy atom. The van der Waals surface area contributed by atoms with Crippen molar-refractivity contribution in [2.75, 3.05) is 0 Å². The lowest BCUT2D eigenvalue weighted by Gasteiger charge is -2.12. The Balaban J connectivity index is 1.80. The van der Waals surface area contributed by atoms with Gasteiger partial charge in [-0.25, -0.2) is 4.98 Å². The minimum atomic E-state index is 0.369. The standard InChI is InChI=1S/C15H17N3S/c1-11-13(18-8-4-3-7-15(18)17-11)10-16-12(2)14-6-5-9-19-14/h3-9,12,16H,10H2,1-2H3/t12-/m1/s1. The van der Waals surface area contributed by atoms with Crippen molar-refractivity contribution in [3.05, 3.63) is 58.2 Å². The summed E-state index contributed by atoms with van der Waals surface area (Å²) in [5.74, 6) is 0. The lowest BCUT2D eigenvalue weighted by Crippen LogP contribution is -2.18. The lowest BCUT2D eigenvalue weighted by molar-refractivity contribution is 0.572. The highest BCUT2D eigenvalue weighted by atomic mass is 32.1. The molecule has 0 spiro atoms. The molecule has 0 bridgehead atoms. The molecule has 3 nitrogen and oxygen atoms in total. The molecular weight excluding hydrogens is 254 g/mol. The fraction of sp³-hybridized carbons (Fsp3) is 0.267. The Kier molecular flexibility index (Phi) is 3.36. The van der Waals surface area contributed by atoms with Crippen molar-refractivity contribution in [3.8, 4) is 0 Å². The van der Waals surface area contributed by atoms with Crippen LogP contribution in [-0.2, 0) is 6.54 Å². The van der Waals surface area contributed by atoms with Gasteiger partial charge in [-0.2, -0.15) is 0 Å². The Hall–Kier alpha value is -1.65. The molecule has 0 fully saturated rings. The Morgan fingerprint density at radius 2 is 2.21 bits per heavy atom. The smallest absolute Gasteiger partial charge is 0.137 e. The highest BCUT2D eigenvalue weighted by Crippen LogP contribution is 2.19. The number of imidazole rings is 1. The number of thiophene rings is 1. The van der Waals surface area contributed by atoms with Gasteiger partial charge >= 0.3 is 0 Å². The van der Waals surface area contributed by atoms with Crippen LogP contribution in [0.15, 0.2) is 41.9 Å². The third-order valence-electron chi connectivity index (χ3n) is 3.37. The van der Waals surface area contributed by atoms with Crippen molar-refractivity contribution in [2.24, 2.45) is 0 Å². The quantitative estimate of drug-likeness (QED) is 0.786. The van der Waals surface area contributed by atoms with Gasteiger partial charge in [0.2, 0.25) is 0 Å². The number of fused-ring (bicyclic) bond motifs is 1. The Morgan fingerprint density at radius 1 is 1.32 bits per heavy atom. The lowest BCUT2D eigenvalue weighted by atomic mass is 10.2. The molecule has 1 N–H and O–H groups in total. The van der Waals surface area contributed by atoms with E-state index in [9.17, 15) is 0 Å². The van der Waals surface area contributed by atoms with Gasteiger partial charge in [0, 0.05) is 23.7 Å². The van der Waals surface area contributed by atoms with Crippen molar-refractivity contribution in [1.82, 2.24) is 14.7 Å². The van der Waals surface area contributed by atoms with Gasteiger partial charge in [-0.15, -0.1) is 11.3 Å². The molecule has 3 aromatic heterocycles. The van der Waals surface area contributed by atoms with Crippen LogP contribution in [0.3, 0.4) is 0 Å². The molecule has 0 amide bonds. The zero-order chi connectivity index (χ0) is 13.2. The van der Waals surface area contributed by atoms with Crippen LogP contribution in [0.25, 0.3) is 5.65 Å². The van der Waals surface area contributed by atoms with Crippen LogP contribution in [0.4, 0.5) is 0 Å². The molecule has 3 rings (SSSR count). The van der Waals surface area contributed by atoms with E-state index in [2.05, 4.69) is 52.3 Å². The van der Waals surface area contributed by atoms with Gasteiger partial charge in [-0.1, -0.05) is 12.1 Å². The molecule has 0 aliphatic carbocycles. The van der Waals surface area contributed by atoms with E-state index >= 15 is 0 Å². The van der Waals surface area contributed by atoms with E-state index in [4.69, 9.17) is 0 Å². The maximum Gasteiger partial charge on any atom is 0.137 e. The van der Waals surface area contributed by atoms with Crippen molar-refractivity contribution in [1.29, 1.82) is 0 Å². The minimum Gasteiger partial charge on any atom is -0.304 e. The normalized spacial score (nSPS) is 12.9. The topological polar surface area (TPSA) is 29.3 Å². The number of rotatable bonds is 4. The van der Waals surface area contributed by atoms with E-state index in [1.54, 1.807) is 11.3 Å². The predicted molar refractivity (Wildman–Crippen MR) is 79.5 cm³/mol. The molecule has 0 aliphatic rings. The molecule has 0 saturated heterocycles. The number of aryl methyl sites for hydroxylation is 1. The molecule has 1 atom stereocenters. The molecule has 3 heterocycles. The van der Waals surface area contributed by atoms with Crippen LogP contribution in [0.2, 0.25) is 0 Å². The molecule has 4 heteroatoms. The zero-order valence-corrected chi connectivity index (χ0v) is 11.9. The second-order valence-corrected chi connectivity index (χ2v) is 5.67. The summed E-state index contributed by atoms with van der Waals surface area (Å²) in [4.78, 5) is 5.95. The van der Waals surface area contributed by atoms with Crippen molar-refractivity contribution >= 4 is 17.0 Å². The fourth-order valence-corrected chi connectivity index (χ4v) is 3.02. The van der Waals surface area contributed by atoms with Crippen LogP contribution in [0.5, 0.6) is 0 Å². The number of pyridine rings is 1. The van der Waals surface area contributed by atoms with E-state index in [1.807, 2.05) is 18.2 Å². The fourth-order valence-electron chi connectivity index (χ4n) is 2.27. The van der Waals surface area contributed by atoms with E-state index < -0.39 is 0 Å². The molecule has 0 aliphatic heterocycles. The summed E-state index contributed by atoms with van der Waals surface area (Å²) in [6.45, 7) is 5.10. The van der Waals surface area contributed by atoms with Crippen molar-refractivity contribution in [3.63, 3.8) is 0 Å². The molecule has 3 aromatic rings. The molecule has 98 valence electrons. The Bertz CT molecular complexity index is 670. The zero-order valence-electron chi connectivity index (χ0n) is 11.1. The average molecular weight is 271 g/mol. The molecule has 0 unspecified atom stereocenters. The number of aromatic nitrogens is 2. The second-order valence-electron chi connectivity index (χ2n) is 4.69. The summed E-state index contributed by atoms with van der Waals surface area (Å²) in [6.07, 6.45) is 2.07. The second kappa shape index (κ2) is 5.15. The summed E-state index contributed by atoms with van der Waals surface area (Å²) >= 11 is 1.79.